The topological polar surface area (TPSA) is 65.5 Å². The van der Waals surface area contributed by atoms with Crippen LogP contribution in [0.15, 0.2) is 71.7 Å². The van der Waals surface area contributed by atoms with E-state index in [-0.39, 0.29) is 23.5 Å². The Morgan fingerprint density at radius 1 is 0.826 bits per heavy atom. The minimum atomic E-state index is -1.01. The van der Waals surface area contributed by atoms with Gasteiger partial charge in [-0.05, 0) is 86.2 Å². The van der Waals surface area contributed by atoms with Gasteiger partial charge < -0.3 is 14.5 Å². The average molecular weight is 664 g/mol. The van der Waals surface area contributed by atoms with E-state index in [1.807, 2.05) is 78.2 Å². The van der Waals surface area contributed by atoms with Gasteiger partial charge in [-0.1, -0.05) is 74.3 Å². The highest BCUT2D eigenvalue weighted by Gasteiger charge is 2.60. The van der Waals surface area contributed by atoms with Gasteiger partial charge in [0, 0.05) is 43.1 Å². The number of ether oxygens (including phenoxy) is 1. The molecule has 244 valence electrons. The van der Waals surface area contributed by atoms with Crippen LogP contribution in [0.5, 0.6) is 5.75 Å². The number of aliphatic imine (C=N–C) groups is 1. The van der Waals surface area contributed by atoms with Gasteiger partial charge in [0.2, 0.25) is 5.91 Å². The van der Waals surface area contributed by atoms with E-state index in [0.29, 0.717) is 47.8 Å². The molecule has 1 saturated heterocycles. The summed E-state index contributed by atoms with van der Waals surface area (Å²) in [6, 6.07) is 21.3. The van der Waals surface area contributed by atoms with Crippen LogP contribution in [0.3, 0.4) is 0 Å². The van der Waals surface area contributed by atoms with Gasteiger partial charge in [0.15, 0.2) is 0 Å². The summed E-state index contributed by atoms with van der Waals surface area (Å²) in [6.07, 6.45) is -0.106. The molecule has 0 radical (unpaired) electrons. The van der Waals surface area contributed by atoms with Gasteiger partial charge in [0.25, 0.3) is 0 Å². The van der Waals surface area contributed by atoms with Crippen molar-refractivity contribution in [2.75, 3.05) is 26.2 Å². The molecule has 0 N–H and O–H groups in total. The minimum Gasteiger partial charge on any atom is -0.490 e. The number of piperazine rings is 1. The second kappa shape index (κ2) is 12.6. The van der Waals surface area contributed by atoms with Crippen LogP contribution in [0.4, 0.5) is 4.79 Å². The fourth-order valence-electron chi connectivity index (χ4n) is 6.45. The van der Waals surface area contributed by atoms with Crippen molar-refractivity contribution in [3.8, 4) is 5.75 Å². The molecule has 3 aromatic carbocycles. The monoisotopic (exact) mass is 662 g/mol. The van der Waals surface area contributed by atoms with Crippen molar-refractivity contribution in [3.63, 3.8) is 0 Å². The van der Waals surface area contributed by atoms with E-state index in [4.69, 9.17) is 32.9 Å². The molecule has 2 heterocycles. The molecular formula is C37H44Cl2N4O3. The lowest BCUT2D eigenvalue weighted by Gasteiger charge is -2.47. The highest BCUT2D eigenvalue weighted by molar-refractivity contribution is 6.30. The van der Waals surface area contributed by atoms with Crippen molar-refractivity contribution in [2.24, 2.45) is 4.99 Å². The Labute approximate surface area is 283 Å². The number of carbonyl (C=O) groups excluding carboxylic acids is 2. The number of amides is 3. The van der Waals surface area contributed by atoms with Crippen LogP contribution in [0.1, 0.15) is 77.6 Å². The average Bonchev–Trinajstić information content (AvgIpc) is 3.24. The van der Waals surface area contributed by atoms with Crippen LogP contribution in [-0.2, 0) is 21.3 Å². The van der Waals surface area contributed by atoms with Crippen molar-refractivity contribution >= 4 is 41.0 Å². The zero-order valence-electron chi connectivity index (χ0n) is 28.0. The molecule has 9 heteroatoms. The summed E-state index contributed by atoms with van der Waals surface area (Å²) in [4.78, 5) is 38.1. The molecule has 0 bridgehead atoms. The van der Waals surface area contributed by atoms with Crippen molar-refractivity contribution in [1.29, 1.82) is 0 Å². The van der Waals surface area contributed by atoms with E-state index in [9.17, 15) is 4.79 Å². The zero-order chi connectivity index (χ0) is 33.6. The smallest absolute Gasteiger partial charge is 0.326 e. The van der Waals surface area contributed by atoms with Gasteiger partial charge in [-0.25, -0.2) is 4.79 Å². The molecule has 3 amide bonds. The summed E-state index contributed by atoms with van der Waals surface area (Å²) in [5, 5.41) is 1.22. The number of halogens is 2. The van der Waals surface area contributed by atoms with Gasteiger partial charge in [-0.2, -0.15) is 0 Å². The standard InChI is InChI=1S/C37H44Cl2N4O3/c1-24(2)46-32-23-28(35(4,5)6)13-18-31(32)33-40-36(7,26-9-14-29(38)15-10-26)37(8,27-11-16-30(39)17-12-27)43(33)34(45)42-21-19-41(20-22-42)25(3)44/h9-18,23-24H,19-22H2,1-8H3. The van der Waals surface area contributed by atoms with Crippen LogP contribution >= 0.6 is 23.2 Å². The molecule has 1 fully saturated rings. The number of amidine groups is 1. The number of rotatable bonds is 5. The Bertz CT molecular complexity index is 1640. The Morgan fingerprint density at radius 2 is 1.35 bits per heavy atom. The molecule has 0 saturated carbocycles. The second-order valence-electron chi connectivity index (χ2n) is 13.8. The molecule has 0 aliphatic carbocycles. The maximum atomic E-state index is 15.0. The first-order valence-corrected chi connectivity index (χ1v) is 16.6. The molecule has 2 aliphatic heterocycles. The predicted molar refractivity (Wildman–Crippen MR) is 186 cm³/mol. The number of urea groups is 1. The van der Waals surface area contributed by atoms with E-state index in [0.717, 1.165) is 22.3 Å². The SMILES string of the molecule is CC(=O)N1CCN(C(=O)N2C(c3ccc(C(C)(C)C)cc3OC(C)C)=NC(C)(c3ccc(Cl)cc3)C2(C)c2ccc(Cl)cc2)CC1. The maximum absolute atomic E-state index is 15.0. The molecule has 2 aliphatic rings. The quantitative estimate of drug-likeness (QED) is 0.276. The Morgan fingerprint density at radius 3 is 1.85 bits per heavy atom. The Kier molecular flexibility index (Phi) is 9.24. The highest BCUT2D eigenvalue weighted by Crippen LogP contribution is 2.54. The summed E-state index contributed by atoms with van der Waals surface area (Å²) in [5.74, 6) is 1.19. The summed E-state index contributed by atoms with van der Waals surface area (Å²) < 4.78 is 6.48. The van der Waals surface area contributed by atoms with Gasteiger partial charge in [0.05, 0.1) is 11.7 Å². The molecule has 0 aromatic heterocycles. The highest BCUT2D eigenvalue weighted by atomic mass is 35.5. The third-order valence-electron chi connectivity index (χ3n) is 9.39. The molecule has 5 rings (SSSR count). The normalized spacial score (nSPS) is 21.9. The van der Waals surface area contributed by atoms with Crippen LogP contribution < -0.4 is 4.74 Å². The van der Waals surface area contributed by atoms with Crippen LogP contribution in [0.2, 0.25) is 10.0 Å². The number of carbonyl (C=O) groups is 2. The molecule has 2 atom stereocenters. The van der Waals surface area contributed by atoms with E-state index < -0.39 is 11.1 Å². The summed E-state index contributed by atoms with van der Waals surface area (Å²) >= 11 is 12.8. The van der Waals surface area contributed by atoms with Crippen molar-refractivity contribution in [2.45, 2.75) is 78.0 Å². The molecule has 2 unspecified atom stereocenters. The number of hydrogen-bond donors (Lipinski definition) is 0. The first-order valence-electron chi connectivity index (χ1n) is 15.8. The Balaban J connectivity index is 1.78. The van der Waals surface area contributed by atoms with E-state index in [1.165, 1.54) is 0 Å². The first-order chi connectivity index (χ1) is 21.6. The molecule has 46 heavy (non-hydrogen) atoms. The number of nitrogens with zero attached hydrogens (tertiary/aromatic N) is 4. The lowest BCUT2D eigenvalue weighted by atomic mass is 9.71. The third-order valence-corrected chi connectivity index (χ3v) is 9.89. The maximum Gasteiger partial charge on any atom is 0.326 e. The zero-order valence-corrected chi connectivity index (χ0v) is 29.5. The van der Waals surface area contributed by atoms with E-state index in [2.05, 4.69) is 46.8 Å². The second-order valence-corrected chi connectivity index (χ2v) is 14.7. The fraction of sp³-hybridized carbons (Fsp3) is 0.432. The van der Waals surface area contributed by atoms with Gasteiger partial charge in [-0.3, -0.25) is 14.7 Å². The summed E-state index contributed by atoms with van der Waals surface area (Å²) in [5.41, 5.74) is 1.55. The van der Waals surface area contributed by atoms with Crippen molar-refractivity contribution < 1.29 is 14.3 Å². The molecular weight excluding hydrogens is 619 g/mol. The molecule has 0 spiro atoms. The minimum absolute atomic E-state index is 0.00579. The van der Waals surface area contributed by atoms with Gasteiger partial charge in [-0.15, -0.1) is 0 Å². The van der Waals surface area contributed by atoms with Crippen molar-refractivity contribution in [1.82, 2.24) is 14.7 Å². The first kappa shape index (κ1) is 33.8. The van der Waals surface area contributed by atoms with Gasteiger partial charge in [0.1, 0.15) is 22.7 Å². The van der Waals surface area contributed by atoms with Gasteiger partial charge >= 0.3 is 6.03 Å². The largest absolute Gasteiger partial charge is 0.490 e. The third kappa shape index (κ3) is 6.12. The summed E-state index contributed by atoms with van der Waals surface area (Å²) in [6.45, 7) is 18.0. The number of benzene rings is 3. The predicted octanol–water partition coefficient (Wildman–Crippen LogP) is 8.26. The van der Waals surface area contributed by atoms with Crippen LogP contribution in [0, 0.1) is 0 Å². The lowest BCUT2D eigenvalue weighted by molar-refractivity contribution is -0.130. The molecule has 3 aromatic rings. The fourth-order valence-corrected chi connectivity index (χ4v) is 6.70. The Hall–Kier alpha value is -3.55. The van der Waals surface area contributed by atoms with Crippen molar-refractivity contribution in [3.05, 3.63) is 99.0 Å². The molecule has 7 nitrogen and oxygen atoms in total. The van der Waals surface area contributed by atoms with E-state index in [1.54, 1.807) is 11.8 Å². The number of hydrogen-bond acceptors (Lipinski definition) is 4. The lowest BCUT2D eigenvalue weighted by Crippen LogP contribution is -2.61. The summed E-state index contributed by atoms with van der Waals surface area (Å²) in [7, 11) is 0. The van der Waals surface area contributed by atoms with Crippen LogP contribution in [-0.4, -0.2) is 64.8 Å². The van der Waals surface area contributed by atoms with Crippen LogP contribution in [0.25, 0.3) is 0 Å². The van der Waals surface area contributed by atoms with E-state index >= 15 is 4.79 Å².